The van der Waals surface area contributed by atoms with Crippen molar-refractivity contribution in [3.8, 4) is 0 Å². The van der Waals surface area contributed by atoms with Crippen LogP contribution in [0.2, 0.25) is 0 Å². The molecule has 1 unspecified atom stereocenters. The average molecular weight is 469 g/mol. The fourth-order valence-corrected chi connectivity index (χ4v) is 5.97. The van der Waals surface area contributed by atoms with Gasteiger partial charge in [0.15, 0.2) is 0 Å². The number of nitrogens with zero attached hydrogens (tertiary/aromatic N) is 2. The highest BCUT2D eigenvalue weighted by atomic mass is 32.2. The second kappa shape index (κ2) is 13.3. The quantitative estimate of drug-likeness (QED) is 0.336. The van der Waals surface area contributed by atoms with E-state index < -0.39 is 0 Å². The first-order valence-corrected chi connectivity index (χ1v) is 13.2. The molecular formula is C23H40N4O2S2. The largest absolute Gasteiger partial charge is 0.344 e. The maximum Gasteiger partial charge on any atom is 0.315 e. The van der Waals surface area contributed by atoms with Crippen LogP contribution in [-0.4, -0.2) is 60.9 Å². The lowest BCUT2D eigenvalue weighted by Crippen LogP contribution is -2.55. The standard InChI is InChI=1S/C23H40N4O2S2/c1-5-6-10-15-26(3)20(28)17-24-22(29)25-19(23(2)13-8-7-9-14-23)18-27(4)31-21-12-11-16-30-21/h11-12,16,19H,5-10,13-15,17-18H2,1-4H3,(H2,24,25,29). The third-order valence-corrected chi connectivity index (χ3v) is 8.20. The monoisotopic (exact) mass is 468 g/mol. The summed E-state index contributed by atoms with van der Waals surface area (Å²) in [4.78, 5) is 26.7. The van der Waals surface area contributed by atoms with Crippen molar-refractivity contribution >= 4 is 35.2 Å². The first kappa shape index (κ1) is 26.0. The Morgan fingerprint density at radius 1 is 1.23 bits per heavy atom. The Balaban J connectivity index is 1.90. The van der Waals surface area contributed by atoms with Crippen molar-refractivity contribution in [1.29, 1.82) is 0 Å². The van der Waals surface area contributed by atoms with E-state index in [4.69, 9.17) is 0 Å². The Labute approximate surface area is 196 Å². The summed E-state index contributed by atoms with van der Waals surface area (Å²) in [7, 11) is 3.89. The van der Waals surface area contributed by atoms with Gasteiger partial charge in [-0.05, 0) is 55.1 Å². The maximum absolute atomic E-state index is 12.7. The Bertz CT molecular complexity index is 663. The average Bonchev–Trinajstić information content (AvgIpc) is 3.25. The summed E-state index contributed by atoms with van der Waals surface area (Å²) in [5.74, 6) is -0.0444. The number of carbonyl (C=O) groups excluding carboxylic acids is 2. The molecule has 1 heterocycles. The van der Waals surface area contributed by atoms with Crippen LogP contribution in [0.1, 0.15) is 65.2 Å². The van der Waals surface area contributed by atoms with Gasteiger partial charge in [-0.1, -0.05) is 52.0 Å². The van der Waals surface area contributed by atoms with Crippen molar-refractivity contribution < 1.29 is 9.59 Å². The van der Waals surface area contributed by atoms with E-state index in [0.717, 1.165) is 45.2 Å². The van der Waals surface area contributed by atoms with Gasteiger partial charge in [0.1, 0.15) is 0 Å². The predicted molar refractivity (Wildman–Crippen MR) is 131 cm³/mol. The van der Waals surface area contributed by atoms with Crippen molar-refractivity contribution in [3.63, 3.8) is 0 Å². The van der Waals surface area contributed by atoms with E-state index >= 15 is 0 Å². The molecule has 6 nitrogen and oxygen atoms in total. The number of urea groups is 1. The van der Waals surface area contributed by atoms with Crippen LogP contribution in [0.5, 0.6) is 0 Å². The zero-order valence-corrected chi connectivity index (χ0v) is 21.2. The first-order valence-electron chi connectivity index (χ1n) is 11.5. The van der Waals surface area contributed by atoms with E-state index in [2.05, 4.69) is 53.3 Å². The summed E-state index contributed by atoms with van der Waals surface area (Å²) in [6.45, 7) is 5.98. The second-order valence-electron chi connectivity index (χ2n) is 8.95. The molecule has 1 atom stereocenters. The molecule has 8 heteroatoms. The summed E-state index contributed by atoms with van der Waals surface area (Å²) in [6, 6.07) is 3.96. The summed E-state index contributed by atoms with van der Waals surface area (Å²) >= 11 is 3.45. The van der Waals surface area contributed by atoms with Gasteiger partial charge in [-0.2, -0.15) is 0 Å². The van der Waals surface area contributed by atoms with Crippen LogP contribution in [0.3, 0.4) is 0 Å². The molecule has 1 fully saturated rings. The summed E-state index contributed by atoms with van der Waals surface area (Å²) in [5, 5.41) is 8.09. The number of nitrogens with one attached hydrogen (secondary N) is 2. The lowest BCUT2D eigenvalue weighted by Gasteiger charge is -2.42. The maximum atomic E-state index is 12.7. The molecule has 31 heavy (non-hydrogen) atoms. The molecule has 0 saturated heterocycles. The summed E-state index contributed by atoms with van der Waals surface area (Å²) in [6.07, 6.45) is 9.17. The SMILES string of the molecule is CCCCCN(C)C(=O)CNC(=O)NC(CN(C)Sc1cccs1)C1(C)CCCCC1. The van der Waals surface area contributed by atoms with E-state index in [1.54, 1.807) is 35.2 Å². The number of thiophene rings is 1. The molecule has 0 aromatic carbocycles. The van der Waals surface area contributed by atoms with Gasteiger partial charge < -0.3 is 15.5 Å². The number of hydrogen-bond acceptors (Lipinski definition) is 5. The molecule has 2 N–H and O–H groups in total. The minimum Gasteiger partial charge on any atom is -0.344 e. The molecule has 1 aliphatic carbocycles. The lowest BCUT2D eigenvalue weighted by molar-refractivity contribution is -0.128. The predicted octanol–water partition coefficient (Wildman–Crippen LogP) is 4.97. The number of carbonyl (C=O) groups is 2. The van der Waals surface area contributed by atoms with Crippen molar-refractivity contribution in [2.45, 2.75) is 75.5 Å². The molecule has 3 amide bonds. The van der Waals surface area contributed by atoms with Gasteiger partial charge >= 0.3 is 6.03 Å². The Kier molecular flexibility index (Phi) is 11.2. The smallest absolute Gasteiger partial charge is 0.315 e. The van der Waals surface area contributed by atoms with Crippen LogP contribution in [0.15, 0.2) is 21.7 Å². The lowest BCUT2D eigenvalue weighted by atomic mass is 9.70. The fraction of sp³-hybridized carbons (Fsp3) is 0.739. The number of likely N-dealkylation sites (N-methyl/N-ethyl adjacent to an activating group) is 2. The molecule has 0 radical (unpaired) electrons. The van der Waals surface area contributed by atoms with Gasteiger partial charge in [0.05, 0.1) is 10.8 Å². The van der Waals surface area contributed by atoms with Crippen molar-refractivity contribution in [2.75, 3.05) is 33.7 Å². The van der Waals surface area contributed by atoms with E-state index in [0.29, 0.717) is 0 Å². The minimum absolute atomic E-state index is 0.0302. The molecule has 1 aromatic rings. The van der Waals surface area contributed by atoms with E-state index in [-0.39, 0.29) is 29.9 Å². The molecular weight excluding hydrogens is 428 g/mol. The molecule has 1 saturated carbocycles. The van der Waals surface area contributed by atoms with Gasteiger partial charge in [-0.3, -0.25) is 4.79 Å². The topological polar surface area (TPSA) is 64.7 Å². The summed E-state index contributed by atoms with van der Waals surface area (Å²) < 4.78 is 3.46. The van der Waals surface area contributed by atoms with Gasteiger partial charge in [0.25, 0.3) is 0 Å². The molecule has 0 aliphatic heterocycles. The number of rotatable bonds is 12. The van der Waals surface area contributed by atoms with Crippen molar-refractivity contribution in [2.24, 2.45) is 5.41 Å². The minimum atomic E-state index is -0.248. The van der Waals surface area contributed by atoms with Crippen LogP contribution in [0, 0.1) is 5.41 Å². The van der Waals surface area contributed by atoms with E-state index in [1.807, 2.05) is 0 Å². The zero-order chi connectivity index (χ0) is 22.7. The van der Waals surface area contributed by atoms with Gasteiger partial charge in [0.2, 0.25) is 5.91 Å². The van der Waals surface area contributed by atoms with E-state index in [9.17, 15) is 9.59 Å². The zero-order valence-electron chi connectivity index (χ0n) is 19.6. The highest BCUT2D eigenvalue weighted by Crippen LogP contribution is 2.40. The Morgan fingerprint density at radius 3 is 2.61 bits per heavy atom. The highest BCUT2D eigenvalue weighted by molar-refractivity contribution is 7.98. The van der Waals surface area contributed by atoms with Crippen LogP contribution >= 0.6 is 23.3 Å². The third kappa shape index (κ3) is 9.02. The number of hydrogen-bond donors (Lipinski definition) is 2. The Hall–Kier alpha value is -1.25. The molecule has 1 aliphatic rings. The van der Waals surface area contributed by atoms with Crippen LogP contribution < -0.4 is 10.6 Å². The first-order chi connectivity index (χ1) is 14.8. The molecule has 1 aromatic heterocycles. The second-order valence-corrected chi connectivity index (χ2v) is 11.4. The third-order valence-electron chi connectivity index (χ3n) is 6.25. The van der Waals surface area contributed by atoms with E-state index in [1.165, 1.54) is 23.5 Å². The van der Waals surface area contributed by atoms with Crippen LogP contribution in [0.25, 0.3) is 0 Å². The molecule has 2 rings (SSSR count). The fourth-order valence-electron chi connectivity index (χ4n) is 4.14. The van der Waals surface area contributed by atoms with Gasteiger partial charge in [-0.15, -0.1) is 11.3 Å². The Morgan fingerprint density at radius 2 is 1.97 bits per heavy atom. The number of amides is 3. The molecule has 176 valence electrons. The van der Waals surface area contributed by atoms with Crippen molar-refractivity contribution in [1.82, 2.24) is 19.8 Å². The molecule has 0 spiro atoms. The van der Waals surface area contributed by atoms with Crippen LogP contribution in [-0.2, 0) is 4.79 Å². The normalized spacial score (nSPS) is 16.7. The van der Waals surface area contributed by atoms with Crippen LogP contribution in [0.4, 0.5) is 4.79 Å². The van der Waals surface area contributed by atoms with Gasteiger partial charge in [0, 0.05) is 26.2 Å². The highest BCUT2D eigenvalue weighted by Gasteiger charge is 2.37. The van der Waals surface area contributed by atoms with Crippen molar-refractivity contribution in [3.05, 3.63) is 17.5 Å². The molecule has 0 bridgehead atoms. The number of unbranched alkanes of at least 4 members (excludes halogenated alkanes) is 2. The van der Waals surface area contributed by atoms with Gasteiger partial charge in [-0.25, -0.2) is 9.10 Å². The summed E-state index contributed by atoms with van der Waals surface area (Å²) in [5.41, 5.74) is 0.0703.